The normalized spacial score (nSPS) is 34.3. The zero-order valence-electron chi connectivity index (χ0n) is 9.37. The molecule has 0 amide bonds. The van der Waals surface area contributed by atoms with Crippen molar-refractivity contribution >= 4 is 0 Å². The second kappa shape index (κ2) is 3.64. The number of rotatable bonds is 1. The van der Waals surface area contributed by atoms with Gasteiger partial charge < -0.3 is 5.32 Å². The standard InChI is InChI=1S/C14H19N/c1-10-2-4-11(5-3-10)12-8-13-6-7-14(9-12)15-13/h2-5,12-15H,6-9H2,1H3/t12?,13-,14+. The van der Waals surface area contributed by atoms with Gasteiger partial charge in [-0.15, -0.1) is 0 Å². The van der Waals surface area contributed by atoms with E-state index in [1.54, 1.807) is 5.56 Å². The summed E-state index contributed by atoms with van der Waals surface area (Å²) in [6, 6.07) is 10.7. The monoisotopic (exact) mass is 201 g/mol. The molecule has 1 N–H and O–H groups in total. The summed E-state index contributed by atoms with van der Waals surface area (Å²) in [6.45, 7) is 2.16. The zero-order valence-corrected chi connectivity index (χ0v) is 9.37. The van der Waals surface area contributed by atoms with E-state index in [0.29, 0.717) is 0 Å². The number of hydrogen-bond donors (Lipinski definition) is 1. The van der Waals surface area contributed by atoms with E-state index >= 15 is 0 Å². The highest BCUT2D eigenvalue weighted by Crippen LogP contribution is 2.36. The number of benzene rings is 1. The molecule has 1 aromatic carbocycles. The minimum absolute atomic E-state index is 0.801. The van der Waals surface area contributed by atoms with Crippen molar-refractivity contribution in [2.75, 3.05) is 0 Å². The Labute approximate surface area is 91.9 Å². The molecule has 2 heterocycles. The third-order valence-electron chi connectivity index (χ3n) is 4.02. The van der Waals surface area contributed by atoms with Crippen molar-refractivity contribution in [1.29, 1.82) is 0 Å². The van der Waals surface area contributed by atoms with Crippen molar-refractivity contribution < 1.29 is 0 Å². The van der Waals surface area contributed by atoms with Crippen LogP contribution in [0.25, 0.3) is 0 Å². The molecule has 3 atom stereocenters. The summed E-state index contributed by atoms with van der Waals surface area (Å²) in [4.78, 5) is 0. The summed E-state index contributed by atoms with van der Waals surface area (Å²) in [5.41, 5.74) is 2.93. The fourth-order valence-electron chi connectivity index (χ4n) is 3.17. The van der Waals surface area contributed by atoms with Gasteiger partial charge >= 0.3 is 0 Å². The second-order valence-corrected chi connectivity index (χ2v) is 5.22. The van der Waals surface area contributed by atoms with Crippen LogP contribution in [0.4, 0.5) is 0 Å². The first kappa shape index (κ1) is 9.41. The van der Waals surface area contributed by atoms with Gasteiger partial charge in [0, 0.05) is 12.1 Å². The predicted molar refractivity (Wildman–Crippen MR) is 63.1 cm³/mol. The average Bonchev–Trinajstić information content (AvgIpc) is 2.59. The van der Waals surface area contributed by atoms with Gasteiger partial charge in [0.25, 0.3) is 0 Å². The molecule has 1 heteroatoms. The van der Waals surface area contributed by atoms with Crippen molar-refractivity contribution in [2.24, 2.45) is 0 Å². The van der Waals surface area contributed by atoms with Crippen LogP contribution in [0.2, 0.25) is 0 Å². The smallest absolute Gasteiger partial charge is 0.00760 e. The molecule has 80 valence electrons. The first-order valence-electron chi connectivity index (χ1n) is 6.14. The highest BCUT2D eigenvalue weighted by molar-refractivity contribution is 5.25. The van der Waals surface area contributed by atoms with E-state index in [0.717, 1.165) is 18.0 Å². The lowest BCUT2D eigenvalue weighted by atomic mass is 9.86. The summed E-state index contributed by atoms with van der Waals surface area (Å²) in [7, 11) is 0. The maximum absolute atomic E-state index is 3.70. The second-order valence-electron chi connectivity index (χ2n) is 5.22. The average molecular weight is 201 g/mol. The molecule has 0 aliphatic carbocycles. The Kier molecular flexibility index (Phi) is 2.28. The molecule has 0 spiro atoms. The largest absolute Gasteiger partial charge is 0.311 e. The number of piperidine rings is 1. The fourth-order valence-corrected chi connectivity index (χ4v) is 3.17. The molecular formula is C14H19N. The Morgan fingerprint density at radius 3 is 2.20 bits per heavy atom. The van der Waals surface area contributed by atoms with E-state index < -0.39 is 0 Å². The topological polar surface area (TPSA) is 12.0 Å². The van der Waals surface area contributed by atoms with Gasteiger partial charge in [0.1, 0.15) is 0 Å². The third-order valence-corrected chi connectivity index (χ3v) is 4.02. The van der Waals surface area contributed by atoms with Crippen LogP contribution in [0.5, 0.6) is 0 Å². The number of aryl methyl sites for hydroxylation is 1. The van der Waals surface area contributed by atoms with Crippen LogP contribution in [0.15, 0.2) is 24.3 Å². The number of nitrogens with one attached hydrogen (secondary N) is 1. The van der Waals surface area contributed by atoms with E-state index in [2.05, 4.69) is 36.5 Å². The minimum Gasteiger partial charge on any atom is -0.311 e. The summed E-state index contributed by atoms with van der Waals surface area (Å²) >= 11 is 0. The molecule has 2 fully saturated rings. The summed E-state index contributed by atoms with van der Waals surface area (Å²) in [5.74, 6) is 0.810. The van der Waals surface area contributed by atoms with Crippen molar-refractivity contribution in [2.45, 2.75) is 50.6 Å². The van der Waals surface area contributed by atoms with Crippen LogP contribution in [0, 0.1) is 6.92 Å². The van der Waals surface area contributed by atoms with Gasteiger partial charge in [0.15, 0.2) is 0 Å². The lowest BCUT2D eigenvalue weighted by molar-refractivity contribution is 0.363. The van der Waals surface area contributed by atoms with E-state index in [1.165, 1.54) is 31.2 Å². The van der Waals surface area contributed by atoms with E-state index in [-0.39, 0.29) is 0 Å². The maximum atomic E-state index is 3.70. The maximum Gasteiger partial charge on any atom is 0.00760 e. The Balaban J connectivity index is 1.80. The highest BCUT2D eigenvalue weighted by Gasteiger charge is 2.33. The van der Waals surface area contributed by atoms with Gasteiger partial charge in [0.2, 0.25) is 0 Å². The predicted octanol–water partition coefficient (Wildman–Crippen LogP) is 2.99. The SMILES string of the molecule is Cc1ccc(C2C[C@H]3CC[C@@H](C2)N3)cc1. The molecule has 2 aliphatic rings. The molecule has 0 radical (unpaired) electrons. The van der Waals surface area contributed by atoms with Crippen LogP contribution >= 0.6 is 0 Å². The molecule has 0 saturated carbocycles. The van der Waals surface area contributed by atoms with E-state index in [9.17, 15) is 0 Å². The Bertz CT molecular complexity index is 329. The number of fused-ring (bicyclic) bond motifs is 2. The molecule has 1 aromatic rings. The molecule has 1 nitrogen and oxygen atoms in total. The molecule has 2 aliphatic heterocycles. The van der Waals surface area contributed by atoms with Gasteiger partial charge in [-0.25, -0.2) is 0 Å². The van der Waals surface area contributed by atoms with Gasteiger partial charge in [-0.05, 0) is 44.1 Å². The van der Waals surface area contributed by atoms with Gasteiger partial charge in [-0.3, -0.25) is 0 Å². The fraction of sp³-hybridized carbons (Fsp3) is 0.571. The van der Waals surface area contributed by atoms with Gasteiger partial charge in [-0.2, -0.15) is 0 Å². The van der Waals surface area contributed by atoms with E-state index in [4.69, 9.17) is 0 Å². The summed E-state index contributed by atoms with van der Waals surface area (Å²) in [5, 5.41) is 3.70. The van der Waals surface area contributed by atoms with Crippen LogP contribution in [-0.2, 0) is 0 Å². The lowest BCUT2D eigenvalue weighted by Crippen LogP contribution is -2.37. The van der Waals surface area contributed by atoms with Crippen molar-refractivity contribution in [3.05, 3.63) is 35.4 Å². The highest BCUT2D eigenvalue weighted by atomic mass is 15.0. The molecule has 15 heavy (non-hydrogen) atoms. The Morgan fingerprint density at radius 2 is 1.60 bits per heavy atom. The lowest BCUT2D eigenvalue weighted by Gasteiger charge is -2.29. The molecule has 2 saturated heterocycles. The zero-order chi connectivity index (χ0) is 10.3. The van der Waals surface area contributed by atoms with Crippen LogP contribution in [-0.4, -0.2) is 12.1 Å². The first-order valence-corrected chi connectivity index (χ1v) is 6.14. The quantitative estimate of drug-likeness (QED) is 0.736. The molecule has 0 aromatic heterocycles. The minimum atomic E-state index is 0.801. The van der Waals surface area contributed by atoms with Crippen molar-refractivity contribution in [3.8, 4) is 0 Å². The molecular weight excluding hydrogens is 182 g/mol. The molecule has 1 unspecified atom stereocenters. The van der Waals surface area contributed by atoms with Crippen LogP contribution < -0.4 is 5.32 Å². The van der Waals surface area contributed by atoms with Crippen LogP contribution in [0.3, 0.4) is 0 Å². The molecule has 2 bridgehead atoms. The first-order chi connectivity index (χ1) is 7.31. The summed E-state index contributed by atoms with van der Waals surface area (Å²) in [6.07, 6.45) is 5.49. The van der Waals surface area contributed by atoms with Crippen molar-refractivity contribution in [3.63, 3.8) is 0 Å². The van der Waals surface area contributed by atoms with E-state index in [1.807, 2.05) is 0 Å². The van der Waals surface area contributed by atoms with Crippen molar-refractivity contribution in [1.82, 2.24) is 5.32 Å². The Hall–Kier alpha value is -0.820. The number of hydrogen-bond acceptors (Lipinski definition) is 1. The molecule has 3 rings (SSSR count). The van der Waals surface area contributed by atoms with Gasteiger partial charge in [-0.1, -0.05) is 29.8 Å². The third kappa shape index (κ3) is 1.81. The van der Waals surface area contributed by atoms with Crippen LogP contribution in [0.1, 0.15) is 42.7 Å². The van der Waals surface area contributed by atoms with Gasteiger partial charge in [0.05, 0.1) is 0 Å². The Morgan fingerprint density at radius 1 is 1.00 bits per heavy atom. The summed E-state index contributed by atoms with van der Waals surface area (Å²) < 4.78 is 0.